The van der Waals surface area contributed by atoms with E-state index < -0.39 is 0 Å². The van der Waals surface area contributed by atoms with Crippen molar-refractivity contribution in [1.82, 2.24) is 4.90 Å². The molecule has 1 heterocycles. The van der Waals surface area contributed by atoms with Gasteiger partial charge in [0.2, 0.25) is 5.91 Å². The summed E-state index contributed by atoms with van der Waals surface area (Å²) in [5.74, 6) is 1.27. The molecule has 1 aliphatic carbocycles. The Morgan fingerprint density at radius 3 is 2.50 bits per heavy atom. The number of amides is 1. The summed E-state index contributed by atoms with van der Waals surface area (Å²) in [4.78, 5) is 14.6. The van der Waals surface area contributed by atoms with Crippen LogP contribution in [0, 0.1) is 17.7 Å². The van der Waals surface area contributed by atoms with Gasteiger partial charge in [-0.2, -0.15) is 0 Å². The van der Waals surface area contributed by atoms with Gasteiger partial charge in [0.05, 0.1) is 6.61 Å². The van der Waals surface area contributed by atoms with Crippen LogP contribution in [0.15, 0.2) is 24.3 Å². The smallest absolute Gasteiger partial charge is 0.225 e. The summed E-state index contributed by atoms with van der Waals surface area (Å²) in [6.45, 7) is 2.29. The standard InChI is InChI=1S/C20H28FNO2/c21-18-8-4-5-9-19(18)24-15-12-16-10-13-22(14-11-16)20(23)17-6-2-1-3-7-17/h4-5,8-9,16-17H,1-3,6-7,10-15H2. The van der Waals surface area contributed by atoms with Gasteiger partial charge in [-0.15, -0.1) is 0 Å². The van der Waals surface area contributed by atoms with Gasteiger partial charge in [-0.1, -0.05) is 31.4 Å². The van der Waals surface area contributed by atoms with Crippen molar-refractivity contribution in [1.29, 1.82) is 0 Å². The molecule has 1 aliphatic heterocycles. The maximum absolute atomic E-state index is 13.5. The van der Waals surface area contributed by atoms with E-state index >= 15 is 0 Å². The van der Waals surface area contributed by atoms with E-state index in [4.69, 9.17) is 4.74 Å². The second-order valence-corrected chi connectivity index (χ2v) is 7.17. The first-order valence-corrected chi connectivity index (χ1v) is 9.40. The van der Waals surface area contributed by atoms with Crippen molar-refractivity contribution in [2.45, 2.75) is 51.4 Å². The molecular formula is C20H28FNO2. The molecule has 1 aromatic rings. The lowest BCUT2D eigenvalue weighted by Crippen LogP contribution is -2.42. The van der Waals surface area contributed by atoms with Gasteiger partial charge >= 0.3 is 0 Å². The molecule has 24 heavy (non-hydrogen) atoms. The van der Waals surface area contributed by atoms with Crippen LogP contribution in [0.2, 0.25) is 0 Å². The number of para-hydroxylation sites is 1. The fourth-order valence-electron chi connectivity index (χ4n) is 3.95. The molecule has 1 saturated heterocycles. The summed E-state index contributed by atoms with van der Waals surface area (Å²) < 4.78 is 19.1. The summed E-state index contributed by atoms with van der Waals surface area (Å²) in [7, 11) is 0. The molecule has 0 spiro atoms. The molecule has 1 aromatic carbocycles. The molecule has 2 aliphatic rings. The zero-order valence-corrected chi connectivity index (χ0v) is 14.4. The molecule has 4 heteroatoms. The van der Waals surface area contributed by atoms with E-state index in [1.165, 1.54) is 25.3 Å². The van der Waals surface area contributed by atoms with Crippen LogP contribution in [0.25, 0.3) is 0 Å². The Labute approximate surface area is 144 Å². The number of likely N-dealkylation sites (tertiary alicyclic amines) is 1. The van der Waals surface area contributed by atoms with Gasteiger partial charge in [0.15, 0.2) is 11.6 Å². The van der Waals surface area contributed by atoms with E-state index in [9.17, 15) is 9.18 Å². The first kappa shape index (κ1) is 17.2. The van der Waals surface area contributed by atoms with Crippen molar-refractivity contribution in [2.75, 3.05) is 19.7 Å². The number of carbonyl (C=O) groups is 1. The van der Waals surface area contributed by atoms with Crippen molar-refractivity contribution in [3.8, 4) is 5.75 Å². The number of carbonyl (C=O) groups excluding carboxylic acids is 1. The third-order valence-electron chi connectivity index (χ3n) is 5.50. The van der Waals surface area contributed by atoms with E-state index in [0.29, 0.717) is 24.2 Å². The zero-order valence-electron chi connectivity index (χ0n) is 14.4. The number of benzene rings is 1. The van der Waals surface area contributed by atoms with Crippen molar-refractivity contribution in [3.63, 3.8) is 0 Å². The first-order valence-electron chi connectivity index (χ1n) is 9.40. The quantitative estimate of drug-likeness (QED) is 0.798. The Hall–Kier alpha value is -1.58. The average molecular weight is 333 g/mol. The summed E-state index contributed by atoms with van der Waals surface area (Å²) in [6, 6.07) is 6.54. The number of rotatable bonds is 5. The summed E-state index contributed by atoms with van der Waals surface area (Å²) in [6.07, 6.45) is 8.87. The van der Waals surface area contributed by atoms with Crippen LogP contribution < -0.4 is 4.74 Å². The molecule has 1 amide bonds. The maximum Gasteiger partial charge on any atom is 0.225 e. The number of nitrogens with zero attached hydrogens (tertiary/aromatic N) is 1. The van der Waals surface area contributed by atoms with E-state index in [1.807, 2.05) is 0 Å². The van der Waals surface area contributed by atoms with Gasteiger partial charge in [-0.25, -0.2) is 4.39 Å². The monoisotopic (exact) mass is 333 g/mol. The Balaban J connectivity index is 1.37. The van der Waals surface area contributed by atoms with Crippen LogP contribution in [0.3, 0.4) is 0 Å². The third kappa shape index (κ3) is 4.49. The normalized spacial score (nSPS) is 20.1. The fourth-order valence-corrected chi connectivity index (χ4v) is 3.95. The van der Waals surface area contributed by atoms with Crippen molar-refractivity contribution >= 4 is 5.91 Å². The van der Waals surface area contributed by atoms with Gasteiger partial charge in [0, 0.05) is 19.0 Å². The van der Waals surface area contributed by atoms with E-state index in [-0.39, 0.29) is 11.7 Å². The second-order valence-electron chi connectivity index (χ2n) is 7.17. The fraction of sp³-hybridized carbons (Fsp3) is 0.650. The Morgan fingerprint density at radius 2 is 1.79 bits per heavy atom. The second kappa shape index (κ2) is 8.50. The highest BCUT2D eigenvalue weighted by Gasteiger charge is 2.28. The Kier molecular flexibility index (Phi) is 6.11. The average Bonchev–Trinajstić information content (AvgIpc) is 2.64. The minimum Gasteiger partial charge on any atom is -0.491 e. The molecule has 0 radical (unpaired) electrons. The molecule has 0 N–H and O–H groups in total. The number of hydrogen-bond acceptors (Lipinski definition) is 2. The molecular weight excluding hydrogens is 305 g/mol. The number of piperidine rings is 1. The van der Waals surface area contributed by atoms with Gasteiger partial charge in [-0.05, 0) is 50.2 Å². The Morgan fingerprint density at radius 1 is 1.08 bits per heavy atom. The summed E-state index contributed by atoms with van der Waals surface area (Å²) in [5, 5.41) is 0. The topological polar surface area (TPSA) is 29.5 Å². The largest absolute Gasteiger partial charge is 0.491 e. The van der Waals surface area contributed by atoms with Crippen LogP contribution in [0.5, 0.6) is 5.75 Å². The molecule has 0 atom stereocenters. The molecule has 3 rings (SSSR count). The lowest BCUT2D eigenvalue weighted by Gasteiger charge is -2.35. The lowest BCUT2D eigenvalue weighted by molar-refractivity contribution is -0.138. The van der Waals surface area contributed by atoms with E-state index in [2.05, 4.69) is 4.90 Å². The van der Waals surface area contributed by atoms with E-state index in [0.717, 1.165) is 45.2 Å². The molecule has 132 valence electrons. The first-order chi connectivity index (χ1) is 11.7. The highest BCUT2D eigenvalue weighted by Crippen LogP contribution is 2.28. The van der Waals surface area contributed by atoms with Gasteiger partial charge in [0.25, 0.3) is 0 Å². The maximum atomic E-state index is 13.5. The molecule has 3 nitrogen and oxygen atoms in total. The van der Waals surface area contributed by atoms with Crippen LogP contribution in [0.1, 0.15) is 51.4 Å². The van der Waals surface area contributed by atoms with Crippen LogP contribution in [0.4, 0.5) is 4.39 Å². The SMILES string of the molecule is O=C(C1CCCCC1)N1CCC(CCOc2ccccc2F)CC1. The van der Waals surface area contributed by atoms with Gasteiger partial charge < -0.3 is 9.64 Å². The molecule has 2 fully saturated rings. The van der Waals surface area contributed by atoms with Gasteiger partial charge in [0.1, 0.15) is 0 Å². The molecule has 0 unspecified atom stereocenters. The summed E-state index contributed by atoms with van der Waals surface area (Å²) in [5.41, 5.74) is 0. The predicted molar refractivity (Wildman–Crippen MR) is 92.4 cm³/mol. The van der Waals surface area contributed by atoms with Crippen molar-refractivity contribution in [3.05, 3.63) is 30.1 Å². The van der Waals surface area contributed by atoms with Crippen molar-refractivity contribution in [2.24, 2.45) is 11.8 Å². The summed E-state index contributed by atoms with van der Waals surface area (Å²) >= 11 is 0. The third-order valence-corrected chi connectivity index (χ3v) is 5.50. The number of hydrogen-bond donors (Lipinski definition) is 0. The highest BCUT2D eigenvalue weighted by molar-refractivity contribution is 5.79. The van der Waals surface area contributed by atoms with Crippen LogP contribution in [-0.4, -0.2) is 30.5 Å². The number of halogens is 1. The van der Waals surface area contributed by atoms with Crippen molar-refractivity contribution < 1.29 is 13.9 Å². The molecule has 0 bridgehead atoms. The zero-order chi connectivity index (χ0) is 16.8. The minimum absolute atomic E-state index is 0.277. The number of ether oxygens (including phenoxy) is 1. The highest BCUT2D eigenvalue weighted by atomic mass is 19.1. The Bertz CT molecular complexity index is 534. The predicted octanol–water partition coefficient (Wildman–Crippen LogP) is 4.41. The molecule has 1 saturated carbocycles. The van der Waals surface area contributed by atoms with Crippen LogP contribution >= 0.6 is 0 Å². The minimum atomic E-state index is -0.301. The van der Waals surface area contributed by atoms with Crippen LogP contribution in [-0.2, 0) is 4.79 Å². The van der Waals surface area contributed by atoms with E-state index in [1.54, 1.807) is 18.2 Å². The lowest BCUT2D eigenvalue weighted by atomic mass is 9.87. The van der Waals surface area contributed by atoms with Gasteiger partial charge in [-0.3, -0.25) is 4.79 Å². The molecule has 0 aromatic heterocycles.